The molecule has 1 aliphatic rings. The molecule has 1 fully saturated rings. The number of hydrogen-bond donors (Lipinski definition) is 1. The molecule has 0 amide bonds. The molecule has 0 radical (unpaired) electrons. The highest BCUT2D eigenvalue weighted by Gasteiger charge is 2.23. The normalized spacial score (nSPS) is 22.2. The van der Waals surface area contributed by atoms with Crippen LogP contribution in [0.25, 0.3) is 0 Å². The number of carboxylic acid groups (broad SMARTS) is 1. The maximum Gasteiger partial charge on any atom is 0.338 e. The summed E-state index contributed by atoms with van der Waals surface area (Å²) in [7, 11) is 0. The van der Waals surface area contributed by atoms with Gasteiger partial charge in [0.15, 0.2) is 0 Å². The summed E-state index contributed by atoms with van der Waals surface area (Å²) in [5, 5.41) is 8.85. The lowest BCUT2D eigenvalue weighted by Crippen LogP contribution is -2.21. The van der Waals surface area contributed by atoms with E-state index in [0.717, 1.165) is 50.7 Å². The minimum atomic E-state index is -1.22. The fourth-order valence-corrected chi connectivity index (χ4v) is 2.92. The maximum atomic E-state index is 13.7. The van der Waals surface area contributed by atoms with Gasteiger partial charge in [0.25, 0.3) is 0 Å². The van der Waals surface area contributed by atoms with Crippen molar-refractivity contribution in [1.29, 1.82) is 0 Å². The van der Waals surface area contributed by atoms with Gasteiger partial charge in [0.1, 0.15) is 5.82 Å². The van der Waals surface area contributed by atoms with Crippen molar-refractivity contribution in [3.05, 3.63) is 35.1 Å². The van der Waals surface area contributed by atoms with E-state index in [1.54, 1.807) is 6.07 Å². The first-order valence-corrected chi connectivity index (χ1v) is 7.76. The molecule has 1 N–H and O–H groups in total. The fourth-order valence-electron chi connectivity index (χ4n) is 2.92. The lowest BCUT2D eigenvalue weighted by molar-refractivity contribution is 0.0232. The molecular weight excluding hydrogens is 271 g/mol. The lowest BCUT2D eigenvalue weighted by atomic mass is 9.82. The van der Waals surface area contributed by atoms with Crippen molar-refractivity contribution in [1.82, 2.24) is 0 Å². The number of unbranched alkanes of at least 4 members (excludes halogenated alkanes) is 1. The topological polar surface area (TPSA) is 46.5 Å². The van der Waals surface area contributed by atoms with E-state index in [2.05, 4.69) is 6.92 Å². The molecule has 0 aliphatic heterocycles. The Morgan fingerprint density at radius 3 is 2.62 bits per heavy atom. The Labute approximate surface area is 125 Å². The molecule has 0 atom stereocenters. The average molecular weight is 294 g/mol. The predicted molar refractivity (Wildman–Crippen MR) is 79.2 cm³/mol. The number of ether oxygens (including phenoxy) is 1. The van der Waals surface area contributed by atoms with Crippen molar-refractivity contribution in [3.8, 4) is 0 Å². The first kappa shape index (κ1) is 16.0. The minimum Gasteiger partial charge on any atom is -0.478 e. The van der Waals surface area contributed by atoms with E-state index in [1.807, 2.05) is 0 Å². The van der Waals surface area contributed by atoms with E-state index in [1.165, 1.54) is 12.1 Å². The molecule has 4 heteroatoms. The molecule has 0 spiro atoms. The van der Waals surface area contributed by atoms with Crippen LogP contribution in [0, 0.1) is 5.82 Å². The molecule has 0 aromatic heterocycles. The zero-order chi connectivity index (χ0) is 15.2. The van der Waals surface area contributed by atoms with Crippen molar-refractivity contribution < 1.29 is 19.0 Å². The molecule has 21 heavy (non-hydrogen) atoms. The summed E-state index contributed by atoms with van der Waals surface area (Å²) in [5.74, 6) is -1.54. The molecule has 1 aromatic rings. The van der Waals surface area contributed by atoms with Crippen LogP contribution in [0.5, 0.6) is 0 Å². The molecule has 116 valence electrons. The number of aromatic carboxylic acids is 1. The van der Waals surface area contributed by atoms with Gasteiger partial charge in [-0.05, 0) is 55.7 Å². The average Bonchev–Trinajstić information content (AvgIpc) is 2.48. The van der Waals surface area contributed by atoms with Gasteiger partial charge < -0.3 is 9.84 Å². The fraction of sp³-hybridized carbons (Fsp3) is 0.588. The Bertz CT molecular complexity index is 479. The van der Waals surface area contributed by atoms with Gasteiger partial charge in [0.2, 0.25) is 0 Å². The Morgan fingerprint density at radius 2 is 2.05 bits per heavy atom. The highest BCUT2D eigenvalue weighted by molar-refractivity contribution is 5.87. The van der Waals surface area contributed by atoms with Gasteiger partial charge >= 0.3 is 5.97 Å². The van der Waals surface area contributed by atoms with Crippen LogP contribution in [0.4, 0.5) is 4.39 Å². The summed E-state index contributed by atoms with van der Waals surface area (Å²) in [4.78, 5) is 10.8. The minimum absolute atomic E-state index is 0.254. The Kier molecular flexibility index (Phi) is 5.74. The van der Waals surface area contributed by atoms with Crippen LogP contribution >= 0.6 is 0 Å². The zero-order valence-corrected chi connectivity index (χ0v) is 12.5. The number of hydrogen-bond acceptors (Lipinski definition) is 2. The molecular formula is C17H23FO3. The van der Waals surface area contributed by atoms with Gasteiger partial charge in [0.05, 0.1) is 11.7 Å². The van der Waals surface area contributed by atoms with E-state index in [-0.39, 0.29) is 5.56 Å². The van der Waals surface area contributed by atoms with Crippen LogP contribution in [-0.4, -0.2) is 23.8 Å². The van der Waals surface area contributed by atoms with Gasteiger partial charge in [-0.3, -0.25) is 0 Å². The standard InChI is InChI=1S/C17H23FO3/c1-2-3-10-21-14-7-4-12(5-8-14)13-6-9-15(17(19)20)16(18)11-13/h6,9,11-12,14H,2-5,7-8,10H2,1H3,(H,19,20). The van der Waals surface area contributed by atoms with E-state index < -0.39 is 11.8 Å². The van der Waals surface area contributed by atoms with Crippen molar-refractivity contribution in [2.75, 3.05) is 6.61 Å². The van der Waals surface area contributed by atoms with Crippen molar-refractivity contribution in [2.24, 2.45) is 0 Å². The van der Waals surface area contributed by atoms with Crippen LogP contribution < -0.4 is 0 Å². The second-order valence-electron chi connectivity index (χ2n) is 5.74. The summed E-state index contributed by atoms with van der Waals surface area (Å²) in [6, 6.07) is 4.50. The van der Waals surface area contributed by atoms with Crippen molar-refractivity contribution >= 4 is 5.97 Å². The van der Waals surface area contributed by atoms with E-state index >= 15 is 0 Å². The molecule has 1 saturated carbocycles. The molecule has 0 heterocycles. The summed E-state index contributed by atoms with van der Waals surface area (Å²) in [5.41, 5.74) is 0.653. The van der Waals surface area contributed by atoms with Crippen molar-refractivity contribution in [2.45, 2.75) is 57.5 Å². The third-order valence-corrected chi connectivity index (χ3v) is 4.22. The monoisotopic (exact) mass is 294 g/mol. The molecule has 3 nitrogen and oxygen atoms in total. The summed E-state index contributed by atoms with van der Waals surface area (Å²) < 4.78 is 19.6. The van der Waals surface area contributed by atoms with E-state index in [9.17, 15) is 9.18 Å². The van der Waals surface area contributed by atoms with Crippen LogP contribution in [0.15, 0.2) is 18.2 Å². The highest BCUT2D eigenvalue weighted by Crippen LogP contribution is 2.34. The van der Waals surface area contributed by atoms with Gasteiger partial charge in [-0.2, -0.15) is 0 Å². The lowest BCUT2D eigenvalue weighted by Gasteiger charge is -2.29. The van der Waals surface area contributed by atoms with Gasteiger partial charge in [-0.15, -0.1) is 0 Å². The molecule has 1 aromatic carbocycles. The van der Waals surface area contributed by atoms with Gasteiger partial charge in [0, 0.05) is 6.61 Å². The quantitative estimate of drug-likeness (QED) is 0.793. The third kappa shape index (κ3) is 4.27. The van der Waals surface area contributed by atoms with Crippen LogP contribution in [-0.2, 0) is 4.74 Å². The second kappa shape index (κ2) is 7.55. The third-order valence-electron chi connectivity index (χ3n) is 4.22. The van der Waals surface area contributed by atoms with E-state index in [0.29, 0.717) is 12.0 Å². The van der Waals surface area contributed by atoms with Crippen LogP contribution in [0.1, 0.15) is 67.3 Å². The molecule has 2 rings (SSSR count). The summed E-state index contributed by atoms with van der Waals surface area (Å²) >= 11 is 0. The molecule has 0 saturated heterocycles. The Hall–Kier alpha value is -1.42. The first-order valence-electron chi connectivity index (χ1n) is 7.76. The smallest absolute Gasteiger partial charge is 0.338 e. The summed E-state index contributed by atoms with van der Waals surface area (Å²) in [6.07, 6.45) is 6.52. The SMILES string of the molecule is CCCCOC1CCC(c2ccc(C(=O)O)c(F)c2)CC1. The van der Waals surface area contributed by atoms with Gasteiger partial charge in [-0.1, -0.05) is 19.4 Å². The first-order chi connectivity index (χ1) is 10.1. The molecule has 0 bridgehead atoms. The van der Waals surface area contributed by atoms with Crippen LogP contribution in [0.2, 0.25) is 0 Å². The largest absolute Gasteiger partial charge is 0.478 e. The maximum absolute atomic E-state index is 13.7. The Balaban J connectivity index is 1.90. The molecule has 0 unspecified atom stereocenters. The summed E-state index contributed by atoms with van der Waals surface area (Å²) in [6.45, 7) is 2.98. The van der Waals surface area contributed by atoms with Crippen LogP contribution in [0.3, 0.4) is 0 Å². The van der Waals surface area contributed by atoms with Crippen molar-refractivity contribution in [3.63, 3.8) is 0 Å². The molecule has 1 aliphatic carbocycles. The van der Waals surface area contributed by atoms with E-state index in [4.69, 9.17) is 9.84 Å². The number of rotatable bonds is 6. The second-order valence-corrected chi connectivity index (χ2v) is 5.74. The van der Waals surface area contributed by atoms with Gasteiger partial charge in [-0.25, -0.2) is 9.18 Å². The highest BCUT2D eigenvalue weighted by atomic mass is 19.1. The zero-order valence-electron chi connectivity index (χ0n) is 12.5. The number of carbonyl (C=O) groups is 1. The Morgan fingerprint density at radius 1 is 1.33 bits per heavy atom. The number of halogens is 1. The predicted octanol–water partition coefficient (Wildman–Crippen LogP) is 4.37. The number of carboxylic acids is 1. The number of benzene rings is 1.